The lowest BCUT2D eigenvalue weighted by Crippen LogP contribution is -2.31. The summed E-state index contributed by atoms with van der Waals surface area (Å²) in [5.74, 6) is -0.108. The van der Waals surface area contributed by atoms with Gasteiger partial charge in [-0.15, -0.1) is 0 Å². The van der Waals surface area contributed by atoms with Crippen LogP contribution in [-0.2, 0) is 9.59 Å². The highest BCUT2D eigenvalue weighted by Gasteiger charge is 2.47. The molecule has 1 aliphatic carbocycles. The average Bonchev–Trinajstić information content (AvgIpc) is 3.14. The Bertz CT molecular complexity index is 305. The maximum absolute atomic E-state index is 11.8. The van der Waals surface area contributed by atoms with Crippen molar-refractivity contribution in [3.05, 3.63) is 0 Å². The third-order valence-corrected chi connectivity index (χ3v) is 3.37. The number of rotatable bonds is 9. The van der Waals surface area contributed by atoms with Crippen molar-refractivity contribution >= 4 is 11.8 Å². The minimum absolute atomic E-state index is 0.0365. The molecule has 2 amide bonds. The lowest BCUT2D eigenvalue weighted by Gasteiger charge is -2.09. The lowest BCUT2D eigenvalue weighted by molar-refractivity contribution is -0.127. The van der Waals surface area contributed by atoms with E-state index in [1.807, 2.05) is 14.1 Å². The summed E-state index contributed by atoms with van der Waals surface area (Å²) in [5.41, 5.74) is 0. The van der Waals surface area contributed by atoms with Gasteiger partial charge in [0.2, 0.25) is 11.8 Å². The Balaban J connectivity index is 2.10. The zero-order chi connectivity index (χ0) is 14.3. The minimum Gasteiger partial charge on any atom is -0.356 e. The largest absolute Gasteiger partial charge is 0.356 e. The van der Waals surface area contributed by atoms with Gasteiger partial charge in [-0.1, -0.05) is 13.3 Å². The molecule has 0 aromatic rings. The van der Waals surface area contributed by atoms with E-state index in [1.165, 1.54) is 0 Å². The number of nitrogens with one attached hydrogen (secondary N) is 2. The first-order chi connectivity index (χ1) is 9.06. The predicted octanol–water partition coefficient (Wildman–Crippen LogP) is 0.607. The van der Waals surface area contributed by atoms with E-state index in [0.29, 0.717) is 13.0 Å². The van der Waals surface area contributed by atoms with E-state index in [0.717, 1.165) is 32.4 Å². The van der Waals surface area contributed by atoms with E-state index in [9.17, 15) is 9.59 Å². The van der Waals surface area contributed by atoms with Crippen molar-refractivity contribution < 1.29 is 9.59 Å². The van der Waals surface area contributed by atoms with Crippen molar-refractivity contribution in [2.24, 2.45) is 11.8 Å². The van der Waals surface area contributed by atoms with Gasteiger partial charge in [-0.05, 0) is 39.9 Å². The third-order valence-electron chi connectivity index (χ3n) is 3.37. The quantitative estimate of drug-likeness (QED) is 0.603. The molecular formula is C14H27N3O2. The Hall–Kier alpha value is -1.10. The second kappa shape index (κ2) is 8.15. The highest BCUT2D eigenvalue weighted by atomic mass is 16.2. The molecule has 5 heteroatoms. The molecule has 0 aromatic heterocycles. The fraction of sp³-hybridized carbons (Fsp3) is 0.857. The first-order valence-electron chi connectivity index (χ1n) is 7.26. The van der Waals surface area contributed by atoms with Crippen molar-refractivity contribution in [1.29, 1.82) is 0 Å². The monoisotopic (exact) mass is 269 g/mol. The molecule has 0 saturated heterocycles. The molecule has 0 spiro atoms. The number of carbonyl (C=O) groups is 2. The smallest absolute Gasteiger partial charge is 0.223 e. The Morgan fingerprint density at radius 2 is 1.58 bits per heavy atom. The maximum Gasteiger partial charge on any atom is 0.223 e. The van der Waals surface area contributed by atoms with E-state index in [-0.39, 0.29) is 23.7 Å². The molecule has 1 saturated carbocycles. The van der Waals surface area contributed by atoms with Gasteiger partial charge in [0.1, 0.15) is 0 Å². The van der Waals surface area contributed by atoms with Gasteiger partial charge in [0.05, 0.1) is 11.8 Å². The van der Waals surface area contributed by atoms with E-state index in [1.54, 1.807) is 0 Å². The second-order valence-electron chi connectivity index (χ2n) is 5.54. The molecule has 5 nitrogen and oxygen atoms in total. The fourth-order valence-electron chi connectivity index (χ4n) is 2.03. The molecule has 0 heterocycles. The molecule has 110 valence electrons. The van der Waals surface area contributed by atoms with Crippen LogP contribution in [0.15, 0.2) is 0 Å². The first-order valence-corrected chi connectivity index (χ1v) is 7.26. The SMILES string of the molecule is CCCCNC(=O)C1CC1C(=O)NCCCN(C)C. The van der Waals surface area contributed by atoms with Gasteiger partial charge in [0, 0.05) is 13.1 Å². The van der Waals surface area contributed by atoms with Crippen LogP contribution in [0.4, 0.5) is 0 Å². The van der Waals surface area contributed by atoms with E-state index in [4.69, 9.17) is 0 Å². The van der Waals surface area contributed by atoms with Gasteiger partial charge in [0.15, 0.2) is 0 Å². The summed E-state index contributed by atoms with van der Waals surface area (Å²) < 4.78 is 0. The van der Waals surface area contributed by atoms with Crippen LogP contribution in [0.2, 0.25) is 0 Å². The average molecular weight is 269 g/mol. The Morgan fingerprint density at radius 1 is 1.05 bits per heavy atom. The van der Waals surface area contributed by atoms with Crippen LogP contribution in [0.3, 0.4) is 0 Å². The summed E-state index contributed by atoms with van der Waals surface area (Å²) in [7, 11) is 4.03. The second-order valence-corrected chi connectivity index (χ2v) is 5.54. The summed E-state index contributed by atoms with van der Waals surface area (Å²) >= 11 is 0. The van der Waals surface area contributed by atoms with Crippen molar-refractivity contribution in [2.75, 3.05) is 33.7 Å². The summed E-state index contributed by atoms with van der Waals surface area (Å²) in [4.78, 5) is 25.6. The molecule has 2 atom stereocenters. The molecule has 19 heavy (non-hydrogen) atoms. The van der Waals surface area contributed by atoms with Gasteiger partial charge in [-0.25, -0.2) is 0 Å². The fourth-order valence-corrected chi connectivity index (χ4v) is 2.03. The zero-order valence-electron chi connectivity index (χ0n) is 12.4. The predicted molar refractivity (Wildman–Crippen MR) is 75.7 cm³/mol. The standard InChI is InChI=1S/C14H27N3O2/c1-4-5-7-15-13(18)11-10-12(11)14(19)16-8-6-9-17(2)3/h11-12H,4-10H2,1-3H3,(H,15,18)(H,16,19). The molecule has 0 aliphatic heterocycles. The normalized spacial score (nSPS) is 21.3. The molecular weight excluding hydrogens is 242 g/mol. The van der Waals surface area contributed by atoms with Crippen molar-refractivity contribution in [3.8, 4) is 0 Å². The molecule has 0 radical (unpaired) electrons. The molecule has 0 bridgehead atoms. The number of amides is 2. The van der Waals surface area contributed by atoms with Crippen LogP contribution in [0, 0.1) is 11.8 Å². The summed E-state index contributed by atoms with van der Waals surface area (Å²) in [6, 6.07) is 0. The number of hydrogen-bond donors (Lipinski definition) is 2. The molecule has 1 fully saturated rings. The molecule has 2 N–H and O–H groups in total. The van der Waals surface area contributed by atoms with Crippen LogP contribution in [-0.4, -0.2) is 50.4 Å². The van der Waals surface area contributed by atoms with Gasteiger partial charge in [-0.2, -0.15) is 0 Å². The highest BCUT2D eigenvalue weighted by Crippen LogP contribution is 2.38. The minimum atomic E-state index is -0.0963. The zero-order valence-corrected chi connectivity index (χ0v) is 12.4. The molecule has 1 aliphatic rings. The third kappa shape index (κ3) is 6.05. The number of unbranched alkanes of at least 4 members (excludes halogenated alkanes) is 1. The van der Waals surface area contributed by atoms with Gasteiger partial charge >= 0.3 is 0 Å². The topological polar surface area (TPSA) is 61.4 Å². The van der Waals surface area contributed by atoms with Gasteiger partial charge in [0.25, 0.3) is 0 Å². The van der Waals surface area contributed by atoms with Crippen LogP contribution >= 0.6 is 0 Å². The van der Waals surface area contributed by atoms with Crippen LogP contribution in [0.1, 0.15) is 32.6 Å². The van der Waals surface area contributed by atoms with Gasteiger partial charge < -0.3 is 15.5 Å². The number of hydrogen-bond acceptors (Lipinski definition) is 3. The summed E-state index contributed by atoms with van der Waals surface area (Å²) in [6.07, 6.45) is 3.72. The van der Waals surface area contributed by atoms with Crippen molar-refractivity contribution in [2.45, 2.75) is 32.6 Å². The lowest BCUT2D eigenvalue weighted by atomic mass is 10.2. The molecule has 0 aromatic carbocycles. The first kappa shape index (κ1) is 16.0. The Kier molecular flexibility index (Phi) is 6.84. The number of nitrogens with zero attached hydrogens (tertiary/aromatic N) is 1. The van der Waals surface area contributed by atoms with E-state index >= 15 is 0 Å². The maximum atomic E-state index is 11.8. The van der Waals surface area contributed by atoms with Crippen LogP contribution in [0.25, 0.3) is 0 Å². The van der Waals surface area contributed by atoms with Crippen molar-refractivity contribution in [1.82, 2.24) is 15.5 Å². The summed E-state index contributed by atoms with van der Waals surface area (Å²) in [6.45, 7) is 4.47. The molecule has 2 unspecified atom stereocenters. The van der Waals surface area contributed by atoms with Crippen LogP contribution < -0.4 is 10.6 Å². The number of carbonyl (C=O) groups excluding carboxylic acids is 2. The Labute approximate surface area is 116 Å². The molecule has 1 rings (SSSR count). The van der Waals surface area contributed by atoms with E-state index < -0.39 is 0 Å². The van der Waals surface area contributed by atoms with E-state index in [2.05, 4.69) is 22.5 Å². The van der Waals surface area contributed by atoms with Crippen LogP contribution in [0.5, 0.6) is 0 Å². The highest BCUT2D eigenvalue weighted by molar-refractivity contribution is 5.92. The Morgan fingerprint density at radius 3 is 2.05 bits per heavy atom. The van der Waals surface area contributed by atoms with Gasteiger partial charge in [-0.3, -0.25) is 9.59 Å². The summed E-state index contributed by atoms with van der Waals surface area (Å²) in [5, 5.41) is 5.79. The van der Waals surface area contributed by atoms with Crippen molar-refractivity contribution in [3.63, 3.8) is 0 Å².